The Hall–Kier alpha value is -1.55. The monoisotopic (exact) mass is 319 g/mol. The smallest absolute Gasteiger partial charge is 0.225 e. The second-order valence-corrected chi connectivity index (χ2v) is 6.83. The van der Waals surface area contributed by atoms with Crippen LogP contribution in [0.5, 0.6) is 5.75 Å². The first kappa shape index (κ1) is 17.8. The second-order valence-electron chi connectivity index (χ2n) is 6.83. The van der Waals surface area contributed by atoms with Crippen molar-refractivity contribution in [2.24, 2.45) is 0 Å². The summed E-state index contributed by atoms with van der Waals surface area (Å²) in [6.45, 7) is 2.04. The maximum Gasteiger partial charge on any atom is 0.225 e. The lowest BCUT2D eigenvalue weighted by atomic mass is 9.82. The molecule has 1 N–H and O–H groups in total. The van der Waals surface area contributed by atoms with Crippen LogP contribution in [0.2, 0.25) is 0 Å². The lowest BCUT2D eigenvalue weighted by Gasteiger charge is -2.34. The summed E-state index contributed by atoms with van der Waals surface area (Å²) in [4.78, 5) is 14.3. The van der Waals surface area contributed by atoms with E-state index in [-0.39, 0.29) is 18.4 Å². The summed E-state index contributed by atoms with van der Waals surface area (Å²) < 4.78 is 5.38. The Morgan fingerprint density at radius 3 is 2.61 bits per heavy atom. The van der Waals surface area contributed by atoms with Gasteiger partial charge in [-0.05, 0) is 37.8 Å². The summed E-state index contributed by atoms with van der Waals surface area (Å²) in [5, 5.41) is 10.6. The van der Waals surface area contributed by atoms with E-state index >= 15 is 0 Å². The number of methoxy groups -OCH3 is 1. The summed E-state index contributed by atoms with van der Waals surface area (Å²) >= 11 is 0. The highest BCUT2D eigenvalue weighted by Crippen LogP contribution is 2.31. The molecule has 1 aromatic rings. The van der Waals surface area contributed by atoms with E-state index in [1.165, 1.54) is 0 Å². The van der Waals surface area contributed by atoms with Gasteiger partial charge in [-0.2, -0.15) is 0 Å². The van der Waals surface area contributed by atoms with Crippen LogP contribution in [0.1, 0.15) is 51.0 Å². The van der Waals surface area contributed by atoms with Crippen molar-refractivity contribution in [3.8, 4) is 5.75 Å². The summed E-state index contributed by atoms with van der Waals surface area (Å²) in [6.07, 6.45) is 5.66. The van der Waals surface area contributed by atoms with Crippen LogP contribution in [-0.4, -0.2) is 41.7 Å². The SMILES string of the molecule is COc1ccccc1CC(C)N(C)C(=O)CC1(O)CCCCC1. The molecule has 23 heavy (non-hydrogen) atoms. The first-order valence-corrected chi connectivity index (χ1v) is 8.55. The number of para-hydroxylation sites is 1. The molecule has 0 radical (unpaired) electrons. The summed E-state index contributed by atoms with van der Waals surface area (Å²) in [5.74, 6) is 0.878. The molecule has 1 aliphatic carbocycles. The van der Waals surface area contributed by atoms with E-state index in [2.05, 4.69) is 0 Å². The molecule has 128 valence electrons. The molecule has 1 aromatic carbocycles. The standard InChI is InChI=1S/C19H29NO3/c1-15(13-16-9-5-6-10-17(16)23-3)20(2)18(21)14-19(22)11-7-4-8-12-19/h5-6,9-10,15,22H,4,7-8,11-14H2,1-3H3. The van der Waals surface area contributed by atoms with Gasteiger partial charge in [0.2, 0.25) is 5.91 Å². The van der Waals surface area contributed by atoms with Crippen molar-refractivity contribution in [1.82, 2.24) is 4.90 Å². The first-order valence-electron chi connectivity index (χ1n) is 8.55. The van der Waals surface area contributed by atoms with E-state index in [1.54, 1.807) is 12.0 Å². The van der Waals surface area contributed by atoms with Gasteiger partial charge in [-0.25, -0.2) is 0 Å². The molecule has 0 aliphatic heterocycles. The van der Waals surface area contributed by atoms with Crippen LogP contribution in [0.4, 0.5) is 0 Å². The Labute approximate surface area is 139 Å². The third-order valence-corrected chi connectivity index (χ3v) is 5.03. The molecule has 1 unspecified atom stereocenters. The lowest BCUT2D eigenvalue weighted by Crippen LogP contribution is -2.42. The van der Waals surface area contributed by atoms with Crippen molar-refractivity contribution in [3.63, 3.8) is 0 Å². The highest BCUT2D eigenvalue weighted by Gasteiger charge is 2.33. The number of nitrogens with zero attached hydrogens (tertiary/aromatic N) is 1. The van der Waals surface area contributed by atoms with E-state index in [9.17, 15) is 9.90 Å². The molecular weight excluding hydrogens is 290 g/mol. The maximum atomic E-state index is 12.5. The number of rotatable bonds is 6. The van der Waals surface area contributed by atoms with Gasteiger partial charge < -0.3 is 14.7 Å². The van der Waals surface area contributed by atoms with Crippen LogP contribution in [0, 0.1) is 0 Å². The van der Waals surface area contributed by atoms with Crippen molar-refractivity contribution in [1.29, 1.82) is 0 Å². The molecular formula is C19H29NO3. The number of amides is 1. The average Bonchev–Trinajstić information content (AvgIpc) is 2.54. The van der Waals surface area contributed by atoms with Crippen LogP contribution >= 0.6 is 0 Å². The number of ether oxygens (including phenoxy) is 1. The quantitative estimate of drug-likeness (QED) is 0.876. The molecule has 1 aliphatic rings. The molecule has 0 bridgehead atoms. The minimum atomic E-state index is -0.798. The Morgan fingerprint density at radius 1 is 1.30 bits per heavy atom. The third-order valence-electron chi connectivity index (χ3n) is 5.03. The zero-order valence-corrected chi connectivity index (χ0v) is 14.5. The summed E-state index contributed by atoms with van der Waals surface area (Å²) in [6, 6.07) is 7.96. The zero-order valence-electron chi connectivity index (χ0n) is 14.5. The Morgan fingerprint density at radius 2 is 1.96 bits per heavy atom. The number of likely N-dealkylation sites (N-methyl/N-ethyl adjacent to an activating group) is 1. The topological polar surface area (TPSA) is 49.8 Å². The fraction of sp³-hybridized carbons (Fsp3) is 0.632. The van der Waals surface area contributed by atoms with Crippen molar-refractivity contribution in [2.45, 2.75) is 63.5 Å². The van der Waals surface area contributed by atoms with E-state index in [0.29, 0.717) is 0 Å². The summed E-state index contributed by atoms with van der Waals surface area (Å²) in [5.41, 5.74) is 0.298. The van der Waals surface area contributed by atoms with Crippen molar-refractivity contribution >= 4 is 5.91 Å². The van der Waals surface area contributed by atoms with E-state index in [4.69, 9.17) is 4.74 Å². The molecule has 0 spiro atoms. The molecule has 1 amide bonds. The highest BCUT2D eigenvalue weighted by atomic mass is 16.5. The predicted molar refractivity (Wildman–Crippen MR) is 91.6 cm³/mol. The fourth-order valence-electron chi connectivity index (χ4n) is 3.37. The van der Waals surface area contributed by atoms with Crippen LogP contribution in [-0.2, 0) is 11.2 Å². The number of hydrogen-bond acceptors (Lipinski definition) is 3. The van der Waals surface area contributed by atoms with Crippen molar-refractivity contribution in [2.75, 3.05) is 14.2 Å². The van der Waals surface area contributed by atoms with Gasteiger partial charge in [0, 0.05) is 13.1 Å². The molecule has 4 heteroatoms. The number of benzene rings is 1. The van der Waals surface area contributed by atoms with Crippen LogP contribution in [0.3, 0.4) is 0 Å². The van der Waals surface area contributed by atoms with E-state index < -0.39 is 5.60 Å². The largest absolute Gasteiger partial charge is 0.496 e. The minimum Gasteiger partial charge on any atom is -0.496 e. The molecule has 1 saturated carbocycles. The predicted octanol–water partition coefficient (Wildman–Crippen LogP) is 3.17. The number of carbonyl (C=O) groups excluding carboxylic acids is 1. The summed E-state index contributed by atoms with van der Waals surface area (Å²) in [7, 11) is 3.49. The number of carbonyl (C=O) groups is 1. The van der Waals surface area contributed by atoms with Gasteiger partial charge in [0.25, 0.3) is 0 Å². The maximum absolute atomic E-state index is 12.5. The van der Waals surface area contributed by atoms with Crippen molar-refractivity contribution < 1.29 is 14.6 Å². The van der Waals surface area contributed by atoms with Gasteiger partial charge in [0.1, 0.15) is 5.75 Å². The molecule has 1 fully saturated rings. The Bertz CT molecular complexity index is 523. The van der Waals surface area contributed by atoms with Gasteiger partial charge in [-0.3, -0.25) is 4.79 Å². The third kappa shape index (κ3) is 4.71. The van der Waals surface area contributed by atoms with Crippen LogP contribution < -0.4 is 4.74 Å². The minimum absolute atomic E-state index is 0.0248. The molecule has 2 rings (SSSR count). The highest BCUT2D eigenvalue weighted by molar-refractivity contribution is 5.77. The van der Waals surface area contributed by atoms with Gasteiger partial charge >= 0.3 is 0 Å². The fourth-order valence-corrected chi connectivity index (χ4v) is 3.37. The molecule has 0 aromatic heterocycles. The Kier molecular flexibility index (Phi) is 6.05. The zero-order chi connectivity index (χ0) is 16.9. The molecule has 4 nitrogen and oxygen atoms in total. The normalized spacial score (nSPS) is 18.3. The van der Waals surface area contributed by atoms with E-state index in [1.807, 2.05) is 38.2 Å². The Balaban J connectivity index is 1.95. The molecule has 1 atom stereocenters. The lowest BCUT2D eigenvalue weighted by molar-refractivity contribution is -0.138. The van der Waals surface area contributed by atoms with Gasteiger partial charge in [0.15, 0.2) is 0 Å². The van der Waals surface area contributed by atoms with Gasteiger partial charge in [-0.1, -0.05) is 37.5 Å². The average molecular weight is 319 g/mol. The second kappa shape index (κ2) is 7.82. The van der Waals surface area contributed by atoms with Gasteiger partial charge in [0.05, 0.1) is 19.1 Å². The number of hydrogen-bond donors (Lipinski definition) is 1. The van der Waals surface area contributed by atoms with Crippen LogP contribution in [0.25, 0.3) is 0 Å². The molecule has 0 saturated heterocycles. The van der Waals surface area contributed by atoms with Crippen LogP contribution in [0.15, 0.2) is 24.3 Å². The van der Waals surface area contributed by atoms with E-state index in [0.717, 1.165) is 49.8 Å². The molecule has 0 heterocycles. The number of aliphatic hydroxyl groups is 1. The van der Waals surface area contributed by atoms with Gasteiger partial charge in [-0.15, -0.1) is 0 Å². The first-order chi connectivity index (χ1) is 10.9. The van der Waals surface area contributed by atoms with Crippen molar-refractivity contribution in [3.05, 3.63) is 29.8 Å².